The minimum atomic E-state index is -0.346. The molecule has 4 nitrogen and oxygen atoms in total. The van der Waals surface area contributed by atoms with Crippen LogP contribution < -0.4 is 5.32 Å². The molecular weight excluding hydrogens is 264 g/mol. The van der Waals surface area contributed by atoms with Gasteiger partial charge in [-0.3, -0.25) is 14.5 Å². The molecule has 1 aromatic carbocycles. The number of benzene rings is 1. The summed E-state index contributed by atoms with van der Waals surface area (Å²) in [6, 6.07) is 10.1. The molecule has 2 fully saturated rings. The van der Waals surface area contributed by atoms with E-state index < -0.39 is 0 Å². The third-order valence-electron chi connectivity index (χ3n) is 4.44. The van der Waals surface area contributed by atoms with Crippen LogP contribution in [0.25, 0.3) is 0 Å². The second-order valence-corrected chi connectivity index (χ2v) is 6.72. The van der Waals surface area contributed by atoms with Crippen molar-refractivity contribution >= 4 is 11.8 Å². The van der Waals surface area contributed by atoms with Crippen LogP contribution in [-0.2, 0) is 15.0 Å². The average molecular weight is 286 g/mol. The van der Waals surface area contributed by atoms with Gasteiger partial charge in [0.1, 0.15) is 0 Å². The summed E-state index contributed by atoms with van der Waals surface area (Å²) in [6.45, 7) is 4.98. The molecule has 1 unspecified atom stereocenters. The molecule has 1 heterocycles. The Bertz CT molecular complexity index is 549. The van der Waals surface area contributed by atoms with Crippen molar-refractivity contribution in [2.75, 3.05) is 6.54 Å². The van der Waals surface area contributed by atoms with Gasteiger partial charge in [-0.2, -0.15) is 0 Å². The van der Waals surface area contributed by atoms with Crippen LogP contribution in [0.5, 0.6) is 0 Å². The maximum Gasteiger partial charge on any atom is 0.247 e. The summed E-state index contributed by atoms with van der Waals surface area (Å²) in [7, 11) is 0. The summed E-state index contributed by atoms with van der Waals surface area (Å²) in [5.41, 5.74) is 1.16. The number of hydrogen-bond donors (Lipinski definition) is 1. The normalized spacial score (nSPS) is 23.0. The second-order valence-electron chi connectivity index (χ2n) is 6.72. The van der Waals surface area contributed by atoms with Gasteiger partial charge in [0.2, 0.25) is 11.8 Å². The number of rotatable bonds is 5. The summed E-state index contributed by atoms with van der Waals surface area (Å²) < 4.78 is 0. The summed E-state index contributed by atoms with van der Waals surface area (Å²) in [5.74, 6) is -0.0520. The van der Waals surface area contributed by atoms with Crippen molar-refractivity contribution < 1.29 is 9.59 Å². The molecule has 21 heavy (non-hydrogen) atoms. The Kier molecular flexibility index (Phi) is 3.57. The van der Waals surface area contributed by atoms with Gasteiger partial charge in [0, 0.05) is 18.0 Å². The minimum Gasteiger partial charge on any atom is -0.305 e. The Hall–Kier alpha value is -1.68. The van der Waals surface area contributed by atoms with Gasteiger partial charge in [0.25, 0.3) is 0 Å². The molecule has 1 saturated heterocycles. The summed E-state index contributed by atoms with van der Waals surface area (Å²) in [4.78, 5) is 25.7. The summed E-state index contributed by atoms with van der Waals surface area (Å²) in [5, 5.41) is 3.30. The molecule has 4 heteroatoms. The standard InChI is InChI=1S/C17H22N2O2/c1-17(2,12-6-4-3-5-7-12)11-18-14-10-15(20)19(16(14)21)13-8-9-13/h3-7,13-14,18H,8-11H2,1-2H3. The lowest BCUT2D eigenvalue weighted by atomic mass is 9.84. The first kappa shape index (κ1) is 14.3. The molecule has 3 rings (SSSR count). The Morgan fingerprint density at radius 1 is 1.19 bits per heavy atom. The van der Waals surface area contributed by atoms with Gasteiger partial charge in [-0.25, -0.2) is 0 Å². The quantitative estimate of drug-likeness (QED) is 0.840. The van der Waals surface area contributed by atoms with E-state index in [1.807, 2.05) is 18.2 Å². The zero-order chi connectivity index (χ0) is 15.0. The predicted octanol–water partition coefficient (Wildman–Crippen LogP) is 1.84. The molecule has 0 bridgehead atoms. The maximum atomic E-state index is 12.3. The van der Waals surface area contributed by atoms with Gasteiger partial charge in [0.05, 0.1) is 12.5 Å². The Balaban J connectivity index is 1.63. The lowest BCUT2D eigenvalue weighted by Gasteiger charge is -2.27. The molecule has 0 radical (unpaired) electrons. The summed E-state index contributed by atoms with van der Waals surface area (Å²) >= 11 is 0. The van der Waals surface area contributed by atoms with Crippen molar-refractivity contribution in [3.8, 4) is 0 Å². The number of carbonyl (C=O) groups excluding carboxylic acids is 2. The largest absolute Gasteiger partial charge is 0.305 e. The first-order valence-electron chi connectivity index (χ1n) is 7.64. The molecule has 1 aromatic rings. The number of likely N-dealkylation sites (tertiary alicyclic amines) is 1. The molecule has 2 amide bonds. The van der Waals surface area contributed by atoms with Crippen molar-refractivity contribution in [2.24, 2.45) is 0 Å². The van der Waals surface area contributed by atoms with E-state index in [4.69, 9.17) is 0 Å². The van der Waals surface area contributed by atoms with Crippen LogP contribution in [0.1, 0.15) is 38.7 Å². The molecular formula is C17H22N2O2. The summed E-state index contributed by atoms with van der Waals surface area (Å²) in [6.07, 6.45) is 2.25. The SMILES string of the molecule is CC(C)(CNC1CC(=O)N(C2CC2)C1=O)c1ccccc1. The highest BCUT2D eigenvalue weighted by atomic mass is 16.2. The highest BCUT2D eigenvalue weighted by molar-refractivity contribution is 6.06. The highest BCUT2D eigenvalue weighted by Gasteiger charge is 2.46. The van der Waals surface area contributed by atoms with E-state index in [2.05, 4.69) is 31.3 Å². The third-order valence-corrected chi connectivity index (χ3v) is 4.44. The van der Waals surface area contributed by atoms with Gasteiger partial charge in [-0.1, -0.05) is 44.2 Å². The number of imide groups is 1. The molecule has 1 aliphatic carbocycles. The predicted molar refractivity (Wildman–Crippen MR) is 80.8 cm³/mol. The smallest absolute Gasteiger partial charge is 0.247 e. The zero-order valence-corrected chi connectivity index (χ0v) is 12.6. The number of amides is 2. The maximum absolute atomic E-state index is 12.3. The first-order valence-corrected chi connectivity index (χ1v) is 7.64. The molecule has 1 N–H and O–H groups in total. The molecule has 112 valence electrons. The Labute approximate surface area is 125 Å². The minimum absolute atomic E-state index is 0.0162. The zero-order valence-electron chi connectivity index (χ0n) is 12.6. The average Bonchev–Trinajstić information content (AvgIpc) is 3.25. The van der Waals surface area contributed by atoms with Crippen molar-refractivity contribution in [2.45, 2.75) is 50.6 Å². The van der Waals surface area contributed by atoms with Crippen LogP contribution in [0.4, 0.5) is 0 Å². The van der Waals surface area contributed by atoms with Crippen LogP contribution in [-0.4, -0.2) is 35.3 Å². The van der Waals surface area contributed by atoms with E-state index in [1.54, 1.807) is 0 Å². The lowest BCUT2D eigenvalue weighted by molar-refractivity contribution is -0.139. The van der Waals surface area contributed by atoms with Gasteiger partial charge in [0.15, 0.2) is 0 Å². The van der Waals surface area contributed by atoms with Crippen LogP contribution in [0.15, 0.2) is 30.3 Å². The van der Waals surface area contributed by atoms with E-state index in [9.17, 15) is 9.59 Å². The molecule has 1 atom stereocenters. The fourth-order valence-corrected chi connectivity index (χ4v) is 2.90. The Morgan fingerprint density at radius 2 is 1.86 bits per heavy atom. The van der Waals surface area contributed by atoms with Gasteiger partial charge >= 0.3 is 0 Å². The van der Waals surface area contributed by atoms with Crippen molar-refractivity contribution in [3.05, 3.63) is 35.9 Å². The number of carbonyl (C=O) groups is 2. The van der Waals surface area contributed by atoms with Crippen LogP contribution >= 0.6 is 0 Å². The monoisotopic (exact) mass is 286 g/mol. The lowest BCUT2D eigenvalue weighted by Crippen LogP contribution is -2.44. The topological polar surface area (TPSA) is 49.4 Å². The van der Waals surface area contributed by atoms with E-state index in [0.29, 0.717) is 13.0 Å². The molecule has 2 aliphatic rings. The molecule has 0 spiro atoms. The van der Waals surface area contributed by atoms with Gasteiger partial charge < -0.3 is 5.32 Å². The van der Waals surface area contributed by atoms with Gasteiger partial charge in [-0.05, 0) is 18.4 Å². The van der Waals surface area contributed by atoms with E-state index in [0.717, 1.165) is 12.8 Å². The van der Waals surface area contributed by atoms with Crippen molar-refractivity contribution in [1.82, 2.24) is 10.2 Å². The van der Waals surface area contributed by atoms with Crippen molar-refractivity contribution in [1.29, 1.82) is 0 Å². The Morgan fingerprint density at radius 3 is 2.48 bits per heavy atom. The van der Waals surface area contributed by atoms with E-state index >= 15 is 0 Å². The first-order chi connectivity index (χ1) is 9.99. The van der Waals surface area contributed by atoms with Crippen LogP contribution in [0, 0.1) is 0 Å². The molecule has 1 saturated carbocycles. The van der Waals surface area contributed by atoms with E-state index in [1.165, 1.54) is 10.5 Å². The number of nitrogens with zero attached hydrogens (tertiary/aromatic N) is 1. The van der Waals surface area contributed by atoms with Crippen LogP contribution in [0.2, 0.25) is 0 Å². The van der Waals surface area contributed by atoms with E-state index in [-0.39, 0.29) is 29.3 Å². The fourth-order valence-electron chi connectivity index (χ4n) is 2.90. The second kappa shape index (κ2) is 5.26. The third kappa shape index (κ3) is 2.86. The number of hydrogen-bond acceptors (Lipinski definition) is 3. The van der Waals surface area contributed by atoms with Crippen LogP contribution in [0.3, 0.4) is 0 Å². The van der Waals surface area contributed by atoms with Gasteiger partial charge in [-0.15, -0.1) is 0 Å². The molecule has 0 aromatic heterocycles. The number of nitrogens with one attached hydrogen (secondary N) is 1. The van der Waals surface area contributed by atoms with Crippen molar-refractivity contribution in [3.63, 3.8) is 0 Å². The molecule has 1 aliphatic heterocycles. The fraction of sp³-hybridized carbons (Fsp3) is 0.529. The highest BCUT2D eigenvalue weighted by Crippen LogP contribution is 2.31.